The van der Waals surface area contributed by atoms with Crippen LogP contribution in [-0.4, -0.2) is 17.0 Å². The van der Waals surface area contributed by atoms with Crippen molar-refractivity contribution in [2.45, 2.75) is 19.4 Å². The molecule has 0 aromatic heterocycles. The summed E-state index contributed by atoms with van der Waals surface area (Å²) in [4.78, 5) is 0.792. The van der Waals surface area contributed by atoms with Gasteiger partial charge in [0.25, 0.3) is 0 Å². The van der Waals surface area contributed by atoms with Crippen molar-refractivity contribution in [3.63, 3.8) is 0 Å². The Kier molecular flexibility index (Phi) is 2.97. The maximum atomic E-state index is 5.52. The summed E-state index contributed by atoms with van der Waals surface area (Å²) >= 11 is 5.34. The van der Waals surface area contributed by atoms with Gasteiger partial charge in [0, 0.05) is 6.08 Å². The van der Waals surface area contributed by atoms with Gasteiger partial charge in [-0.1, -0.05) is 42.5 Å². The predicted octanol–water partition coefficient (Wildman–Crippen LogP) is 2.64. The Morgan fingerprint density at radius 2 is 2.06 bits per heavy atom. The summed E-state index contributed by atoms with van der Waals surface area (Å²) in [5.41, 5.74) is 1.04. The van der Waals surface area contributed by atoms with Crippen LogP contribution in [0.1, 0.15) is 19.4 Å². The molecule has 0 unspecified atom stereocenters. The normalized spacial score (nSPS) is 20.2. The molecule has 2 rings (SSSR count). The standard InChI is InChI=1S/C13H15NOS/c1-13(2)9-15-12(14-13)8-11(16)10-6-4-3-5-7-10/h3-8,14H,9H2,1-2H3/b12-8+. The molecule has 1 aromatic rings. The Balaban J connectivity index is 2.11. The summed E-state index contributed by atoms with van der Waals surface area (Å²) in [6.07, 6.45) is 1.87. The molecule has 1 aliphatic rings. The summed E-state index contributed by atoms with van der Waals surface area (Å²) < 4.78 is 5.52. The van der Waals surface area contributed by atoms with Gasteiger partial charge in [-0.2, -0.15) is 0 Å². The van der Waals surface area contributed by atoms with Crippen LogP contribution in [-0.2, 0) is 4.74 Å². The molecule has 0 atom stereocenters. The first-order valence-electron chi connectivity index (χ1n) is 5.29. The van der Waals surface area contributed by atoms with E-state index in [1.54, 1.807) is 0 Å². The summed E-state index contributed by atoms with van der Waals surface area (Å²) in [5.74, 6) is 0.763. The Labute approximate surface area is 101 Å². The van der Waals surface area contributed by atoms with Crippen LogP contribution in [0.4, 0.5) is 0 Å². The molecule has 0 bridgehead atoms. The van der Waals surface area contributed by atoms with E-state index in [4.69, 9.17) is 17.0 Å². The molecular weight excluding hydrogens is 218 g/mol. The second kappa shape index (κ2) is 4.26. The lowest BCUT2D eigenvalue weighted by Crippen LogP contribution is -2.34. The number of nitrogens with one attached hydrogen (secondary N) is 1. The first-order valence-corrected chi connectivity index (χ1v) is 5.70. The predicted molar refractivity (Wildman–Crippen MR) is 69.4 cm³/mol. The first-order chi connectivity index (χ1) is 7.57. The minimum Gasteiger partial charge on any atom is -0.477 e. The van der Waals surface area contributed by atoms with Crippen molar-refractivity contribution in [3.8, 4) is 0 Å². The third-order valence-corrected chi connectivity index (χ3v) is 2.72. The van der Waals surface area contributed by atoms with Gasteiger partial charge in [0.2, 0.25) is 0 Å². The highest BCUT2D eigenvalue weighted by Crippen LogP contribution is 2.17. The molecule has 1 saturated heterocycles. The molecule has 0 saturated carbocycles. The molecule has 1 aromatic carbocycles. The molecule has 1 heterocycles. The van der Waals surface area contributed by atoms with Crippen LogP contribution in [0.2, 0.25) is 0 Å². The fourth-order valence-electron chi connectivity index (χ4n) is 1.55. The highest BCUT2D eigenvalue weighted by molar-refractivity contribution is 7.81. The molecule has 16 heavy (non-hydrogen) atoms. The molecule has 0 aliphatic carbocycles. The largest absolute Gasteiger partial charge is 0.477 e. The highest BCUT2D eigenvalue weighted by Gasteiger charge is 2.27. The van der Waals surface area contributed by atoms with Gasteiger partial charge in [-0.3, -0.25) is 0 Å². The third-order valence-electron chi connectivity index (χ3n) is 2.37. The SMILES string of the molecule is CC1(C)CO/C(=C/C(=S)c2ccccc2)N1. The number of thiocarbonyl (C=S) groups is 1. The first kappa shape index (κ1) is 11.1. The molecule has 0 radical (unpaired) electrons. The van der Waals surface area contributed by atoms with Gasteiger partial charge >= 0.3 is 0 Å². The maximum Gasteiger partial charge on any atom is 0.188 e. The molecule has 84 valence electrons. The van der Waals surface area contributed by atoms with Gasteiger partial charge in [0.05, 0.1) is 10.4 Å². The summed E-state index contributed by atoms with van der Waals surface area (Å²) in [7, 11) is 0. The van der Waals surface area contributed by atoms with E-state index in [-0.39, 0.29) is 5.54 Å². The minimum absolute atomic E-state index is 0.00185. The second-order valence-electron chi connectivity index (χ2n) is 4.54. The van der Waals surface area contributed by atoms with Crippen molar-refractivity contribution < 1.29 is 4.74 Å². The average molecular weight is 233 g/mol. The Bertz CT molecular complexity index is 423. The maximum absolute atomic E-state index is 5.52. The van der Waals surface area contributed by atoms with Crippen molar-refractivity contribution in [3.05, 3.63) is 47.9 Å². The lowest BCUT2D eigenvalue weighted by atomic mass is 10.1. The summed E-state index contributed by atoms with van der Waals surface area (Å²) in [6.45, 7) is 4.87. The number of hydrogen-bond acceptors (Lipinski definition) is 3. The van der Waals surface area contributed by atoms with E-state index in [2.05, 4.69) is 19.2 Å². The van der Waals surface area contributed by atoms with Crippen LogP contribution in [0.25, 0.3) is 0 Å². The smallest absolute Gasteiger partial charge is 0.188 e. The second-order valence-corrected chi connectivity index (χ2v) is 4.98. The Morgan fingerprint density at radius 1 is 1.38 bits per heavy atom. The molecule has 0 spiro atoms. The van der Waals surface area contributed by atoms with E-state index in [1.165, 1.54) is 0 Å². The number of rotatable bonds is 2. The van der Waals surface area contributed by atoms with E-state index in [9.17, 15) is 0 Å². The van der Waals surface area contributed by atoms with Crippen LogP contribution >= 0.6 is 12.2 Å². The van der Waals surface area contributed by atoms with Gasteiger partial charge in [-0.15, -0.1) is 0 Å². The van der Waals surface area contributed by atoms with E-state index in [1.807, 2.05) is 36.4 Å². The quantitative estimate of drug-likeness (QED) is 0.482. The van der Waals surface area contributed by atoms with Crippen molar-refractivity contribution in [1.82, 2.24) is 5.32 Å². The van der Waals surface area contributed by atoms with Gasteiger partial charge in [-0.25, -0.2) is 0 Å². The number of hydrogen-bond donors (Lipinski definition) is 1. The van der Waals surface area contributed by atoms with E-state index in [0.29, 0.717) is 6.61 Å². The van der Waals surface area contributed by atoms with Gasteiger partial charge in [-0.05, 0) is 19.4 Å². The van der Waals surface area contributed by atoms with Gasteiger partial charge < -0.3 is 10.1 Å². The summed E-state index contributed by atoms with van der Waals surface area (Å²) in [5, 5.41) is 3.28. The van der Waals surface area contributed by atoms with Crippen LogP contribution in [0, 0.1) is 0 Å². The van der Waals surface area contributed by atoms with E-state index in [0.717, 1.165) is 16.3 Å². The number of allylic oxidation sites excluding steroid dienone is 1. The van der Waals surface area contributed by atoms with E-state index >= 15 is 0 Å². The van der Waals surface area contributed by atoms with Crippen LogP contribution in [0.15, 0.2) is 42.3 Å². The molecule has 2 nitrogen and oxygen atoms in total. The lowest BCUT2D eigenvalue weighted by molar-refractivity contribution is 0.237. The fourth-order valence-corrected chi connectivity index (χ4v) is 1.79. The third kappa shape index (κ3) is 2.61. The molecule has 1 N–H and O–H groups in total. The van der Waals surface area contributed by atoms with Gasteiger partial charge in [0.1, 0.15) is 6.61 Å². The van der Waals surface area contributed by atoms with Crippen LogP contribution < -0.4 is 5.32 Å². The zero-order valence-electron chi connectivity index (χ0n) is 9.49. The van der Waals surface area contributed by atoms with E-state index < -0.39 is 0 Å². The monoisotopic (exact) mass is 233 g/mol. The zero-order valence-corrected chi connectivity index (χ0v) is 10.3. The summed E-state index contributed by atoms with van der Waals surface area (Å²) in [6, 6.07) is 9.94. The van der Waals surface area contributed by atoms with Crippen LogP contribution in [0.3, 0.4) is 0 Å². The lowest BCUT2D eigenvalue weighted by Gasteiger charge is -2.13. The molecule has 0 amide bonds. The van der Waals surface area contributed by atoms with Crippen molar-refractivity contribution in [2.75, 3.05) is 6.61 Å². The van der Waals surface area contributed by atoms with Crippen molar-refractivity contribution in [1.29, 1.82) is 0 Å². The van der Waals surface area contributed by atoms with Crippen LogP contribution in [0.5, 0.6) is 0 Å². The molecule has 1 fully saturated rings. The Morgan fingerprint density at radius 3 is 2.62 bits per heavy atom. The number of benzene rings is 1. The molecule has 1 aliphatic heterocycles. The minimum atomic E-state index is -0.00185. The Hall–Kier alpha value is -1.35. The average Bonchev–Trinajstić information content (AvgIpc) is 2.59. The van der Waals surface area contributed by atoms with Crippen molar-refractivity contribution >= 4 is 17.1 Å². The van der Waals surface area contributed by atoms with Gasteiger partial charge in [0.15, 0.2) is 5.88 Å². The zero-order chi connectivity index (χ0) is 11.6. The molecule has 3 heteroatoms. The topological polar surface area (TPSA) is 21.3 Å². The fraction of sp³-hybridized carbons (Fsp3) is 0.308. The number of ether oxygens (including phenoxy) is 1. The van der Waals surface area contributed by atoms with Crippen molar-refractivity contribution in [2.24, 2.45) is 0 Å². The highest BCUT2D eigenvalue weighted by atomic mass is 32.1. The molecular formula is C13H15NOS.